The van der Waals surface area contributed by atoms with Crippen molar-refractivity contribution in [2.75, 3.05) is 0 Å². The Balaban J connectivity index is 1.20. The Kier molecular flexibility index (Phi) is 5.83. The Hall–Kier alpha value is -1.84. The number of ether oxygens (including phenoxy) is 1. The lowest BCUT2D eigenvalue weighted by Crippen LogP contribution is -2.60. The standard InChI is InChI=1S/C27H37NO3/c29-24(28-27-14-21-11-22(15-27)13-23(12-21)16-27)17-26(9-5-2-6-10-26)18-25(30)31-19-20-7-3-1-4-8-20/h1,3-4,7-8,21-23H,2,5-6,9-19H2,(H,28,29). The topological polar surface area (TPSA) is 55.4 Å². The van der Waals surface area contributed by atoms with Gasteiger partial charge in [-0.15, -0.1) is 0 Å². The monoisotopic (exact) mass is 423 g/mol. The summed E-state index contributed by atoms with van der Waals surface area (Å²) in [5.74, 6) is 2.49. The zero-order valence-corrected chi connectivity index (χ0v) is 18.7. The highest BCUT2D eigenvalue weighted by atomic mass is 16.5. The first-order chi connectivity index (χ1) is 15.0. The summed E-state index contributed by atoms with van der Waals surface area (Å²) in [6.07, 6.45) is 13.9. The number of hydrogen-bond acceptors (Lipinski definition) is 3. The van der Waals surface area contributed by atoms with Gasteiger partial charge < -0.3 is 10.1 Å². The predicted octanol–water partition coefficient (Wildman–Crippen LogP) is 5.55. The minimum atomic E-state index is -0.224. The van der Waals surface area contributed by atoms with Gasteiger partial charge in [0.1, 0.15) is 6.61 Å². The molecule has 168 valence electrons. The molecule has 0 unspecified atom stereocenters. The summed E-state index contributed by atoms with van der Waals surface area (Å²) < 4.78 is 5.60. The minimum Gasteiger partial charge on any atom is -0.461 e. The molecular formula is C27H37NO3. The molecule has 0 atom stereocenters. The zero-order valence-electron chi connectivity index (χ0n) is 18.7. The van der Waals surface area contributed by atoms with Gasteiger partial charge in [-0.05, 0) is 80.1 Å². The van der Waals surface area contributed by atoms with Crippen molar-refractivity contribution in [2.45, 2.75) is 95.6 Å². The first kappa shape index (κ1) is 21.0. The van der Waals surface area contributed by atoms with E-state index in [-0.39, 0.29) is 22.8 Å². The Morgan fingerprint density at radius 1 is 0.871 bits per heavy atom. The number of carbonyl (C=O) groups is 2. The van der Waals surface area contributed by atoms with Crippen LogP contribution in [0.4, 0.5) is 0 Å². The Bertz CT molecular complexity index is 761. The molecule has 1 amide bonds. The van der Waals surface area contributed by atoms with Crippen LogP contribution in [0.3, 0.4) is 0 Å². The summed E-state index contributed by atoms with van der Waals surface area (Å²) in [5, 5.41) is 3.54. The van der Waals surface area contributed by atoms with Gasteiger partial charge in [0.05, 0.1) is 6.42 Å². The fourth-order valence-electron chi connectivity index (χ4n) is 7.76. The molecule has 0 heterocycles. The van der Waals surface area contributed by atoms with E-state index in [1.807, 2.05) is 30.3 Å². The highest BCUT2D eigenvalue weighted by Crippen LogP contribution is 2.55. The number of benzene rings is 1. The summed E-state index contributed by atoms with van der Waals surface area (Å²) in [4.78, 5) is 26.0. The molecule has 5 saturated carbocycles. The summed E-state index contributed by atoms with van der Waals surface area (Å²) >= 11 is 0. The average molecular weight is 424 g/mol. The number of hydrogen-bond donors (Lipinski definition) is 1. The van der Waals surface area contributed by atoms with E-state index < -0.39 is 0 Å². The Labute approximate surface area is 186 Å². The maximum Gasteiger partial charge on any atom is 0.306 e. The lowest BCUT2D eigenvalue weighted by atomic mass is 9.53. The predicted molar refractivity (Wildman–Crippen MR) is 120 cm³/mol. The third kappa shape index (κ3) is 4.83. The number of carbonyl (C=O) groups excluding carboxylic acids is 2. The van der Waals surface area contributed by atoms with Crippen molar-refractivity contribution in [2.24, 2.45) is 23.2 Å². The van der Waals surface area contributed by atoms with Crippen LogP contribution in [0.2, 0.25) is 0 Å². The van der Waals surface area contributed by atoms with Crippen molar-refractivity contribution in [3.8, 4) is 0 Å². The molecule has 4 bridgehead atoms. The van der Waals surface area contributed by atoms with E-state index in [1.54, 1.807) is 0 Å². The van der Waals surface area contributed by atoms with E-state index >= 15 is 0 Å². The molecule has 0 saturated heterocycles. The third-order valence-corrected chi connectivity index (χ3v) is 8.65. The normalized spacial score (nSPS) is 33.1. The van der Waals surface area contributed by atoms with Crippen molar-refractivity contribution in [3.05, 3.63) is 35.9 Å². The van der Waals surface area contributed by atoms with Crippen molar-refractivity contribution in [1.82, 2.24) is 5.32 Å². The smallest absolute Gasteiger partial charge is 0.306 e. The van der Waals surface area contributed by atoms with Gasteiger partial charge in [0.25, 0.3) is 0 Å². The van der Waals surface area contributed by atoms with Crippen molar-refractivity contribution < 1.29 is 14.3 Å². The van der Waals surface area contributed by atoms with Crippen LogP contribution in [0, 0.1) is 23.2 Å². The summed E-state index contributed by atoms with van der Waals surface area (Å²) in [6, 6.07) is 9.83. The van der Waals surface area contributed by atoms with Gasteiger partial charge >= 0.3 is 5.97 Å². The van der Waals surface area contributed by atoms with Crippen LogP contribution in [0.5, 0.6) is 0 Å². The number of amides is 1. The Morgan fingerprint density at radius 3 is 2.10 bits per heavy atom. The molecule has 5 aliphatic carbocycles. The Morgan fingerprint density at radius 2 is 1.48 bits per heavy atom. The van der Waals surface area contributed by atoms with Gasteiger partial charge in [0.2, 0.25) is 5.91 Å². The van der Waals surface area contributed by atoms with Crippen LogP contribution in [0.25, 0.3) is 0 Å². The van der Waals surface area contributed by atoms with Crippen molar-refractivity contribution in [3.63, 3.8) is 0 Å². The molecule has 0 spiro atoms. The van der Waals surface area contributed by atoms with Gasteiger partial charge in [0.15, 0.2) is 0 Å². The number of rotatable bonds is 7. The second-order valence-electron chi connectivity index (χ2n) is 11.3. The van der Waals surface area contributed by atoms with E-state index in [4.69, 9.17) is 4.74 Å². The summed E-state index contributed by atoms with van der Waals surface area (Å²) in [7, 11) is 0. The van der Waals surface area contributed by atoms with Crippen LogP contribution < -0.4 is 5.32 Å². The van der Waals surface area contributed by atoms with Crippen molar-refractivity contribution in [1.29, 1.82) is 0 Å². The van der Waals surface area contributed by atoms with Gasteiger partial charge in [-0.1, -0.05) is 49.6 Å². The highest BCUT2D eigenvalue weighted by molar-refractivity contribution is 5.79. The average Bonchev–Trinajstić information content (AvgIpc) is 2.72. The first-order valence-corrected chi connectivity index (χ1v) is 12.5. The summed E-state index contributed by atoms with van der Waals surface area (Å²) in [6.45, 7) is 0.315. The molecule has 0 radical (unpaired) electrons. The number of esters is 1. The largest absolute Gasteiger partial charge is 0.461 e. The molecule has 1 N–H and O–H groups in total. The minimum absolute atomic E-state index is 0.0511. The molecule has 5 aliphatic rings. The molecular weight excluding hydrogens is 386 g/mol. The van der Waals surface area contributed by atoms with E-state index in [0.717, 1.165) is 49.0 Å². The molecule has 4 nitrogen and oxygen atoms in total. The van der Waals surface area contributed by atoms with E-state index in [0.29, 0.717) is 19.4 Å². The lowest BCUT2D eigenvalue weighted by molar-refractivity contribution is -0.149. The molecule has 1 aromatic carbocycles. The fourth-order valence-corrected chi connectivity index (χ4v) is 7.76. The van der Waals surface area contributed by atoms with Crippen LogP contribution >= 0.6 is 0 Å². The van der Waals surface area contributed by atoms with E-state index in [9.17, 15) is 9.59 Å². The molecule has 1 aromatic rings. The van der Waals surface area contributed by atoms with E-state index in [1.165, 1.54) is 44.9 Å². The van der Waals surface area contributed by atoms with Gasteiger partial charge in [-0.3, -0.25) is 9.59 Å². The SMILES string of the molecule is O=C(CC1(CC(=O)OCc2ccccc2)CCCCC1)NC12CC3CC(CC(C3)C1)C2. The molecule has 0 aromatic heterocycles. The maximum atomic E-state index is 13.3. The molecule has 31 heavy (non-hydrogen) atoms. The zero-order chi connectivity index (χ0) is 21.3. The molecule has 4 heteroatoms. The van der Waals surface area contributed by atoms with E-state index in [2.05, 4.69) is 5.32 Å². The fraction of sp³-hybridized carbons (Fsp3) is 0.704. The first-order valence-electron chi connectivity index (χ1n) is 12.5. The van der Waals surface area contributed by atoms with Crippen molar-refractivity contribution >= 4 is 11.9 Å². The highest BCUT2D eigenvalue weighted by Gasteiger charge is 2.52. The van der Waals surface area contributed by atoms with Crippen LogP contribution in [0.15, 0.2) is 30.3 Å². The lowest BCUT2D eigenvalue weighted by Gasteiger charge is -2.57. The van der Waals surface area contributed by atoms with Gasteiger partial charge in [-0.25, -0.2) is 0 Å². The third-order valence-electron chi connectivity index (χ3n) is 8.65. The molecule has 5 fully saturated rings. The second kappa shape index (κ2) is 8.60. The van der Waals surface area contributed by atoms with Crippen LogP contribution in [-0.2, 0) is 20.9 Å². The maximum absolute atomic E-state index is 13.3. The van der Waals surface area contributed by atoms with Crippen LogP contribution in [0.1, 0.15) is 89.0 Å². The quantitative estimate of drug-likeness (QED) is 0.585. The van der Waals surface area contributed by atoms with Gasteiger partial charge in [-0.2, -0.15) is 0 Å². The van der Waals surface area contributed by atoms with Crippen LogP contribution in [-0.4, -0.2) is 17.4 Å². The summed E-state index contributed by atoms with van der Waals surface area (Å²) in [5.41, 5.74) is 0.835. The van der Waals surface area contributed by atoms with Gasteiger partial charge in [0, 0.05) is 12.0 Å². The number of nitrogens with one attached hydrogen (secondary N) is 1. The molecule has 6 rings (SSSR count). The molecule has 0 aliphatic heterocycles. The second-order valence-corrected chi connectivity index (χ2v) is 11.3.